The standard InChI is InChI=1S/C56H99N7O13/c1-12-14-15-16-17-18-19-20-21-22-23-24-25-39-32-46(64)57-40(26-27-47(65)66)50(69)58-41(28-34(3)4)51(70)59-42(29-35(5)6)52(71)60-43(30-36(7)8)53(72)62-45(33-48(67)68)54(73)61-44(31-37(9)10)55(74)63-49(38(11)13-2)56(75)76-39/h34-45,49H,12-33H2,1-11H3,(H,57,64)(H,58,69)(H,59,70)(H,60,71)(H,61,73)(H,62,72)(H,63,74)(H,65,66)(H,67,68). The summed E-state index contributed by atoms with van der Waals surface area (Å²) >= 11 is 0. The molecule has 20 heteroatoms. The summed E-state index contributed by atoms with van der Waals surface area (Å²) in [5.74, 6) is -10.7. The van der Waals surface area contributed by atoms with Gasteiger partial charge in [-0.2, -0.15) is 0 Å². The molecule has 1 saturated heterocycles. The van der Waals surface area contributed by atoms with Crippen molar-refractivity contribution in [2.24, 2.45) is 29.6 Å². The minimum atomic E-state index is -1.72. The number of hydrogen-bond donors (Lipinski definition) is 9. The minimum Gasteiger partial charge on any atom is -0.481 e. The molecule has 9 N–H and O–H groups in total. The zero-order valence-electron chi connectivity index (χ0n) is 47.9. The number of rotatable bonds is 28. The van der Waals surface area contributed by atoms with Gasteiger partial charge in [-0.25, -0.2) is 4.79 Å². The Morgan fingerprint density at radius 3 is 1.18 bits per heavy atom. The van der Waals surface area contributed by atoms with Crippen molar-refractivity contribution in [1.82, 2.24) is 37.2 Å². The highest BCUT2D eigenvalue weighted by molar-refractivity contribution is 5.98. The SMILES string of the molecule is CCCCCCCCCCCCCCC1CC(=O)NC(CCC(=O)O)C(=O)NC(CC(C)C)C(=O)NC(CC(C)C)C(=O)NC(CC(C)C)C(=O)NC(CC(=O)O)C(=O)NC(CC(C)C)C(=O)NC(C(C)CC)C(=O)O1. The van der Waals surface area contributed by atoms with E-state index in [1.807, 2.05) is 27.7 Å². The van der Waals surface area contributed by atoms with Crippen molar-refractivity contribution in [2.75, 3.05) is 0 Å². The van der Waals surface area contributed by atoms with Gasteiger partial charge in [-0.3, -0.25) is 43.2 Å². The van der Waals surface area contributed by atoms with E-state index >= 15 is 0 Å². The van der Waals surface area contributed by atoms with E-state index in [1.54, 1.807) is 41.5 Å². The third-order valence-corrected chi connectivity index (χ3v) is 13.5. The molecule has 76 heavy (non-hydrogen) atoms. The number of carboxylic acid groups (broad SMARTS) is 2. The molecule has 0 aromatic rings. The van der Waals surface area contributed by atoms with Crippen LogP contribution in [0.5, 0.6) is 0 Å². The van der Waals surface area contributed by atoms with Gasteiger partial charge in [-0.15, -0.1) is 0 Å². The van der Waals surface area contributed by atoms with Gasteiger partial charge in [-0.05, 0) is 74.5 Å². The number of carbonyl (C=O) groups excluding carboxylic acids is 8. The number of hydrogen-bond acceptors (Lipinski definition) is 11. The fourth-order valence-electron chi connectivity index (χ4n) is 9.13. The first-order chi connectivity index (χ1) is 35.8. The zero-order valence-corrected chi connectivity index (χ0v) is 47.9. The van der Waals surface area contributed by atoms with Crippen LogP contribution >= 0.6 is 0 Å². The Kier molecular flexibility index (Phi) is 33.9. The van der Waals surface area contributed by atoms with Crippen LogP contribution in [0.4, 0.5) is 0 Å². The Balaban J connectivity index is 3.92. The van der Waals surface area contributed by atoms with Gasteiger partial charge in [0.05, 0.1) is 12.8 Å². The molecule has 0 aromatic carbocycles. The summed E-state index contributed by atoms with van der Waals surface area (Å²) in [7, 11) is 0. The second-order valence-corrected chi connectivity index (χ2v) is 22.8. The molecule has 1 aliphatic rings. The lowest BCUT2D eigenvalue weighted by Gasteiger charge is -2.29. The number of aliphatic carboxylic acids is 2. The molecule has 0 aliphatic carbocycles. The normalized spacial score (nSPS) is 23.8. The summed E-state index contributed by atoms with van der Waals surface area (Å²) in [4.78, 5) is 137. The van der Waals surface area contributed by atoms with Gasteiger partial charge in [-0.1, -0.05) is 153 Å². The number of nitrogens with one attached hydrogen (secondary N) is 7. The lowest BCUT2D eigenvalue weighted by molar-refractivity contribution is -0.156. The molecule has 1 heterocycles. The molecule has 436 valence electrons. The van der Waals surface area contributed by atoms with E-state index in [0.29, 0.717) is 12.8 Å². The Morgan fingerprint density at radius 1 is 0.461 bits per heavy atom. The molecule has 9 unspecified atom stereocenters. The molecule has 1 fully saturated rings. The van der Waals surface area contributed by atoms with Gasteiger partial charge >= 0.3 is 17.9 Å². The maximum atomic E-state index is 14.3. The molecule has 0 aromatic heterocycles. The van der Waals surface area contributed by atoms with E-state index in [4.69, 9.17) is 4.74 Å². The lowest BCUT2D eigenvalue weighted by atomic mass is 9.97. The third kappa shape index (κ3) is 29.3. The van der Waals surface area contributed by atoms with Crippen LogP contribution in [0.25, 0.3) is 0 Å². The first kappa shape index (κ1) is 68.7. The topological polar surface area (TPSA) is 305 Å². The van der Waals surface area contributed by atoms with Crippen molar-refractivity contribution in [1.29, 1.82) is 0 Å². The molecule has 0 spiro atoms. The Morgan fingerprint density at radius 2 is 0.816 bits per heavy atom. The second kappa shape index (κ2) is 37.5. The fraction of sp³-hybridized carbons (Fsp3) is 0.821. The van der Waals surface area contributed by atoms with Crippen LogP contribution in [0, 0.1) is 29.6 Å². The predicted molar refractivity (Wildman–Crippen MR) is 290 cm³/mol. The van der Waals surface area contributed by atoms with Crippen LogP contribution in [-0.2, 0) is 52.7 Å². The van der Waals surface area contributed by atoms with Crippen LogP contribution in [-0.4, -0.2) is 118 Å². The largest absolute Gasteiger partial charge is 0.481 e. The van der Waals surface area contributed by atoms with Gasteiger partial charge in [0, 0.05) is 6.42 Å². The third-order valence-electron chi connectivity index (χ3n) is 13.5. The van der Waals surface area contributed by atoms with Gasteiger partial charge in [0.1, 0.15) is 48.4 Å². The van der Waals surface area contributed by atoms with Crippen molar-refractivity contribution >= 4 is 59.3 Å². The molecule has 0 radical (unpaired) electrons. The number of carboxylic acids is 2. The van der Waals surface area contributed by atoms with E-state index < -0.39 is 133 Å². The smallest absolute Gasteiger partial charge is 0.329 e. The van der Waals surface area contributed by atoms with E-state index in [-0.39, 0.29) is 62.2 Å². The highest BCUT2D eigenvalue weighted by Gasteiger charge is 2.37. The lowest BCUT2D eigenvalue weighted by Crippen LogP contribution is -2.60. The molecule has 9 atom stereocenters. The Bertz CT molecular complexity index is 1840. The first-order valence-corrected chi connectivity index (χ1v) is 28.5. The molecule has 20 nitrogen and oxygen atoms in total. The van der Waals surface area contributed by atoms with E-state index in [1.165, 1.54) is 38.5 Å². The molecule has 7 amide bonds. The highest BCUT2D eigenvalue weighted by atomic mass is 16.5. The van der Waals surface area contributed by atoms with Crippen LogP contribution in [0.3, 0.4) is 0 Å². The summed E-state index contributed by atoms with van der Waals surface area (Å²) in [5, 5.41) is 38.1. The first-order valence-electron chi connectivity index (χ1n) is 28.5. The average Bonchev–Trinajstić information content (AvgIpc) is 3.32. The minimum absolute atomic E-state index is 0.0303. The summed E-state index contributed by atoms with van der Waals surface area (Å²) in [6, 6.07) is -9.62. The molecule has 1 rings (SSSR count). The highest BCUT2D eigenvalue weighted by Crippen LogP contribution is 2.20. The summed E-state index contributed by atoms with van der Waals surface area (Å²) in [5.41, 5.74) is 0. The van der Waals surface area contributed by atoms with Gasteiger partial charge in [0.25, 0.3) is 0 Å². The summed E-state index contributed by atoms with van der Waals surface area (Å²) < 4.78 is 6.09. The van der Waals surface area contributed by atoms with Gasteiger partial charge in [0.15, 0.2) is 0 Å². The maximum absolute atomic E-state index is 14.3. The summed E-state index contributed by atoms with van der Waals surface area (Å²) in [6.07, 6.45) is 10.5. The maximum Gasteiger partial charge on any atom is 0.329 e. The van der Waals surface area contributed by atoms with Crippen molar-refractivity contribution in [3.63, 3.8) is 0 Å². The van der Waals surface area contributed by atoms with Crippen molar-refractivity contribution in [3.8, 4) is 0 Å². The van der Waals surface area contributed by atoms with Crippen molar-refractivity contribution in [3.05, 3.63) is 0 Å². The van der Waals surface area contributed by atoms with Crippen LogP contribution in [0.2, 0.25) is 0 Å². The number of cyclic esters (lactones) is 1. The molecular formula is C56H99N7O13. The molecule has 0 saturated carbocycles. The van der Waals surface area contributed by atoms with Crippen molar-refractivity contribution in [2.45, 2.75) is 266 Å². The Hall–Kier alpha value is -5.30. The number of carbonyl (C=O) groups is 10. The van der Waals surface area contributed by atoms with Gasteiger partial charge < -0.3 is 52.2 Å². The quantitative estimate of drug-likeness (QED) is 0.0305. The zero-order chi connectivity index (χ0) is 57.5. The molecule has 1 aliphatic heterocycles. The monoisotopic (exact) mass is 1080 g/mol. The number of ether oxygens (including phenoxy) is 1. The average molecular weight is 1080 g/mol. The van der Waals surface area contributed by atoms with Crippen molar-refractivity contribution < 1.29 is 62.9 Å². The van der Waals surface area contributed by atoms with Crippen LogP contribution < -0.4 is 37.2 Å². The fourth-order valence-corrected chi connectivity index (χ4v) is 9.13. The van der Waals surface area contributed by atoms with Crippen LogP contribution in [0.1, 0.15) is 217 Å². The van der Waals surface area contributed by atoms with E-state index in [9.17, 15) is 58.2 Å². The number of esters is 1. The van der Waals surface area contributed by atoms with E-state index in [0.717, 1.165) is 32.1 Å². The predicted octanol–water partition coefficient (Wildman–Crippen LogP) is 6.36. The second-order valence-electron chi connectivity index (χ2n) is 22.8. The molecule has 0 bridgehead atoms. The molecular weight excluding hydrogens is 979 g/mol. The number of amides is 7. The number of unbranched alkanes of at least 4 members (excludes halogenated alkanes) is 11. The van der Waals surface area contributed by atoms with Gasteiger partial charge in [0.2, 0.25) is 41.4 Å². The summed E-state index contributed by atoms with van der Waals surface area (Å²) in [6.45, 7) is 20.1. The Labute approximate surface area is 453 Å². The van der Waals surface area contributed by atoms with Crippen LogP contribution in [0.15, 0.2) is 0 Å². The van der Waals surface area contributed by atoms with E-state index in [2.05, 4.69) is 44.1 Å².